The van der Waals surface area contributed by atoms with Crippen LogP contribution in [0.15, 0.2) is 23.2 Å². The molecule has 3 rings (SSSR count). The molecule has 0 radical (unpaired) electrons. The Morgan fingerprint density at radius 2 is 2.21 bits per heavy atom. The summed E-state index contributed by atoms with van der Waals surface area (Å²) in [6.07, 6.45) is 2.32. The zero-order valence-corrected chi connectivity index (χ0v) is 10.3. The highest BCUT2D eigenvalue weighted by Crippen LogP contribution is 2.31. The van der Waals surface area contributed by atoms with E-state index < -0.39 is 5.82 Å². The quantitative estimate of drug-likeness (QED) is 0.815. The molecule has 0 atom stereocenters. The number of carbonyl (C=O) groups excluding carboxylic acids is 1. The van der Waals surface area contributed by atoms with E-state index in [2.05, 4.69) is 4.99 Å². The molecule has 2 aliphatic rings. The average Bonchev–Trinajstić information content (AvgIpc) is 3.17. The van der Waals surface area contributed by atoms with Crippen molar-refractivity contribution in [3.05, 3.63) is 29.6 Å². The lowest BCUT2D eigenvalue weighted by atomic mass is 10.2. The first-order chi connectivity index (χ1) is 9.19. The Morgan fingerprint density at radius 3 is 2.89 bits per heavy atom. The van der Waals surface area contributed by atoms with Gasteiger partial charge in [-0.2, -0.15) is 5.26 Å². The molecule has 96 valence electrons. The molecule has 1 aromatic carbocycles. The maximum absolute atomic E-state index is 13.7. The molecule has 2 fully saturated rings. The van der Waals surface area contributed by atoms with Crippen molar-refractivity contribution in [2.24, 2.45) is 4.99 Å². The molecule has 0 unspecified atom stereocenters. The Balaban J connectivity index is 1.91. The zero-order chi connectivity index (χ0) is 13.4. The number of benzene rings is 1. The predicted molar refractivity (Wildman–Crippen MR) is 67.6 cm³/mol. The maximum atomic E-state index is 13.7. The van der Waals surface area contributed by atoms with E-state index in [0.29, 0.717) is 18.3 Å². The van der Waals surface area contributed by atoms with Crippen LogP contribution in [0.1, 0.15) is 24.8 Å². The van der Waals surface area contributed by atoms with Gasteiger partial charge in [-0.15, -0.1) is 0 Å². The number of amides is 1. The minimum atomic E-state index is -0.524. The van der Waals surface area contributed by atoms with Crippen LogP contribution in [0.25, 0.3) is 0 Å². The predicted octanol–water partition coefficient (Wildman–Crippen LogP) is 2.16. The number of carbonyl (C=O) groups is 1. The van der Waals surface area contributed by atoms with Crippen molar-refractivity contribution in [2.75, 3.05) is 6.54 Å². The first kappa shape index (κ1) is 11.8. The van der Waals surface area contributed by atoms with E-state index >= 15 is 0 Å². The molecule has 0 spiro atoms. The summed E-state index contributed by atoms with van der Waals surface area (Å²) in [5.41, 5.74) is 0.883. The lowest BCUT2D eigenvalue weighted by Crippen LogP contribution is -2.27. The Morgan fingerprint density at radius 1 is 1.42 bits per heavy atom. The highest BCUT2D eigenvalue weighted by atomic mass is 19.1. The van der Waals surface area contributed by atoms with Crippen molar-refractivity contribution in [3.8, 4) is 6.07 Å². The number of nitrogens with zero attached hydrogens (tertiary/aromatic N) is 3. The normalized spacial score (nSPS) is 20.9. The summed E-state index contributed by atoms with van der Waals surface area (Å²) < 4.78 is 13.7. The summed E-state index contributed by atoms with van der Waals surface area (Å²) in [7, 11) is 0. The van der Waals surface area contributed by atoms with Crippen LogP contribution in [0.2, 0.25) is 0 Å². The third-order valence-corrected chi connectivity index (χ3v) is 3.39. The largest absolute Gasteiger partial charge is 0.334 e. The van der Waals surface area contributed by atoms with Crippen molar-refractivity contribution in [2.45, 2.75) is 25.3 Å². The monoisotopic (exact) mass is 257 g/mol. The molecule has 1 heterocycles. The van der Waals surface area contributed by atoms with Crippen molar-refractivity contribution in [1.29, 1.82) is 5.26 Å². The van der Waals surface area contributed by atoms with E-state index in [4.69, 9.17) is 5.26 Å². The van der Waals surface area contributed by atoms with E-state index in [1.54, 1.807) is 4.90 Å². The number of para-hydroxylation sites is 1. The van der Waals surface area contributed by atoms with Gasteiger partial charge in [0.05, 0.1) is 18.5 Å². The molecule has 1 aromatic rings. The maximum Gasteiger partial charge on any atom is 0.228 e. The minimum absolute atomic E-state index is 0.0467. The lowest BCUT2D eigenvalue weighted by molar-refractivity contribution is -0.128. The minimum Gasteiger partial charge on any atom is -0.334 e. The van der Waals surface area contributed by atoms with Gasteiger partial charge in [-0.1, -0.05) is 6.07 Å². The van der Waals surface area contributed by atoms with Gasteiger partial charge in [-0.25, -0.2) is 4.39 Å². The fourth-order valence-corrected chi connectivity index (χ4v) is 2.29. The summed E-state index contributed by atoms with van der Waals surface area (Å²) in [5, 5.41) is 8.96. The Bertz CT molecular complexity index is 614. The molecular weight excluding hydrogens is 245 g/mol. The average molecular weight is 257 g/mol. The van der Waals surface area contributed by atoms with Gasteiger partial charge < -0.3 is 4.90 Å². The molecule has 4 nitrogen and oxygen atoms in total. The van der Waals surface area contributed by atoms with Crippen molar-refractivity contribution < 1.29 is 9.18 Å². The van der Waals surface area contributed by atoms with Crippen molar-refractivity contribution in [3.63, 3.8) is 0 Å². The zero-order valence-electron chi connectivity index (χ0n) is 10.3. The topological polar surface area (TPSA) is 56.5 Å². The molecule has 0 bridgehead atoms. The van der Waals surface area contributed by atoms with E-state index in [9.17, 15) is 9.18 Å². The number of hydrogen-bond acceptors (Lipinski definition) is 3. The van der Waals surface area contributed by atoms with E-state index in [1.807, 2.05) is 6.07 Å². The van der Waals surface area contributed by atoms with Crippen molar-refractivity contribution >= 4 is 17.3 Å². The highest BCUT2D eigenvalue weighted by Gasteiger charge is 2.37. The molecular formula is C14H12FN3O. The van der Waals surface area contributed by atoms with E-state index in [0.717, 1.165) is 12.8 Å². The Hall–Kier alpha value is -2.22. The van der Waals surface area contributed by atoms with Gasteiger partial charge in [-0.05, 0) is 25.0 Å². The first-order valence-electron chi connectivity index (χ1n) is 6.23. The standard InChI is InChI=1S/C14H12FN3O/c15-12-3-1-2-9(7-16)14(12)17-10-6-13(19)18(8-10)11-4-5-11/h1-3,11H,4-6,8H2. The van der Waals surface area contributed by atoms with Crippen LogP contribution in [0.5, 0.6) is 0 Å². The van der Waals surface area contributed by atoms with Crippen LogP contribution in [0, 0.1) is 17.1 Å². The van der Waals surface area contributed by atoms with Crippen LogP contribution in [-0.4, -0.2) is 29.1 Å². The Labute approximate surface area is 110 Å². The number of nitriles is 1. The lowest BCUT2D eigenvalue weighted by Gasteiger charge is -2.12. The van der Waals surface area contributed by atoms with Gasteiger partial charge in [0.15, 0.2) is 0 Å². The van der Waals surface area contributed by atoms with E-state index in [-0.39, 0.29) is 23.6 Å². The van der Waals surface area contributed by atoms with Crippen LogP contribution in [0.3, 0.4) is 0 Å². The third-order valence-electron chi connectivity index (χ3n) is 3.39. The van der Waals surface area contributed by atoms with Crippen LogP contribution in [0.4, 0.5) is 10.1 Å². The smallest absolute Gasteiger partial charge is 0.228 e. The summed E-state index contributed by atoms with van der Waals surface area (Å²) in [5.74, 6) is -0.472. The summed E-state index contributed by atoms with van der Waals surface area (Å²) in [6, 6.07) is 6.55. The second-order valence-electron chi connectivity index (χ2n) is 4.86. The van der Waals surface area contributed by atoms with Gasteiger partial charge in [0, 0.05) is 11.8 Å². The SMILES string of the molecule is N#Cc1cccc(F)c1N=C1CC(=O)N(C2CC2)C1. The van der Waals surface area contributed by atoms with Crippen LogP contribution < -0.4 is 0 Å². The van der Waals surface area contributed by atoms with Crippen LogP contribution in [-0.2, 0) is 4.79 Å². The number of halogens is 1. The number of likely N-dealkylation sites (tertiary alicyclic amines) is 1. The molecule has 1 amide bonds. The number of hydrogen-bond donors (Lipinski definition) is 0. The van der Waals surface area contributed by atoms with Gasteiger partial charge >= 0.3 is 0 Å². The molecule has 0 aromatic heterocycles. The second kappa shape index (κ2) is 4.47. The summed E-state index contributed by atoms with van der Waals surface area (Å²) >= 11 is 0. The summed E-state index contributed by atoms with van der Waals surface area (Å²) in [6.45, 7) is 0.461. The highest BCUT2D eigenvalue weighted by molar-refractivity contribution is 6.09. The van der Waals surface area contributed by atoms with Gasteiger partial charge in [0.25, 0.3) is 0 Å². The number of rotatable bonds is 2. The molecule has 19 heavy (non-hydrogen) atoms. The van der Waals surface area contributed by atoms with Gasteiger partial charge in [-0.3, -0.25) is 9.79 Å². The van der Waals surface area contributed by atoms with E-state index in [1.165, 1.54) is 18.2 Å². The van der Waals surface area contributed by atoms with Crippen LogP contribution >= 0.6 is 0 Å². The fraction of sp³-hybridized carbons (Fsp3) is 0.357. The number of aliphatic imine (C=N–C) groups is 1. The second-order valence-corrected chi connectivity index (χ2v) is 4.86. The molecule has 1 aliphatic carbocycles. The van der Waals surface area contributed by atoms with Gasteiger partial charge in [0.2, 0.25) is 5.91 Å². The fourth-order valence-electron chi connectivity index (χ4n) is 2.29. The molecule has 1 saturated carbocycles. The molecule has 5 heteroatoms. The summed E-state index contributed by atoms with van der Waals surface area (Å²) in [4.78, 5) is 17.8. The molecule has 1 aliphatic heterocycles. The van der Waals surface area contributed by atoms with Crippen molar-refractivity contribution in [1.82, 2.24) is 4.90 Å². The first-order valence-corrected chi connectivity index (χ1v) is 6.23. The molecule has 1 saturated heterocycles. The molecule has 0 N–H and O–H groups in total. The third kappa shape index (κ3) is 2.22. The Kier molecular flexibility index (Phi) is 2.79. The van der Waals surface area contributed by atoms with Gasteiger partial charge in [0.1, 0.15) is 17.6 Å².